The first-order valence-electron chi connectivity index (χ1n) is 4.78. The van der Waals surface area contributed by atoms with Gasteiger partial charge in [-0.3, -0.25) is 0 Å². The molecule has 0 radical (unpaired) electrons. The molecule has 0 bridgehead atoms. The van der Waals surface area contributed by atoms with Gasteiger partial charge in [0.15, 0.2) is 5.60 Å². The fourth-order valence-corrected chi connectivity index (χ4v) is 3.18. The zero-order valence-corrected chi connectivity index (χ0v) is 9.92. The number of alkyl halides is 3. The first-order valence-corrected chi connectivity index (χ1v) is 6.22. The van der Waals surface area contributed by atoms with Crippen molar-refractivity contribution in [2.75, 3.05) is 13.1 Å². The van der Waals surface area contributed by atoms with E-state index in [2.05, 4.69) is 9.68 Å². The fourth-order valence-electron chi connectivity index (χ4n) is 1.56. The number of nitrogens with zero attached hydrogens (tertiary/aromatic N) is 2. The zero-order valence-electron chi connectivity index (χ0n) is 9.10. The van der Waals surface area contributed by atoms with Crippen LogP contribution in [-0.4, -0.2) is 47.9 Å². The van der Waals surface area contributed by atoms with E-state index in [0.29, 0.717) is 4.31 Å². The van der Waals surface area contributed by atoms with Crippen molar-refractivity contribution in [3.8, 4) is 0 Å². The molecule has 0 aliphatic carbocycles. The van der Waals surface area contributed by atoms with Gasteiger partial charge < -0.3 is 9.63 Å². The Bertz CT molecular complexity index is 559. The van der Waals surface area contributed by atoms with Crippen LogP contribution in [0.15, 0.2) is 15.7 Å². The molecule has 102 valence electrons. The lowest BCUT2D eigenvalue weighted by molar-refractivity contribution is -0.290. The van der Waals surface area contributed by atoms with E-state index in [1.807, 2.05) is 0 Å². The minimum atomic E-state index is -4.86. The molecule has 1 aromatic heterocycles. The lowest BCUT2D eigenvalue weighted by Crippen LogP contribution is -2.70. The predicted molar refractivity (Wildman–Crippen MR) is 51.0 cm³/mol. The number of hydrogen-bond acceptors (Lipinski definition) is 5. The molecule has 0 atom stereocenters. The van der Waals surface area contributed by atoms with Gasteiger partial charge in [-0.1, -0.05) is 5.16 Å². The highest BCUT2D eigenvalue weighted by Crippen LogP contribution is 2.40. The summed E-state index contributed by atoms with van der Waals surface area (Å²) in [4.78, 5) is -0.299. The van der Waals surface area contributed by atoms with Crippen molar-refractivity contribution in [1.82, 2.24) is 9.46 Å². The Morgan fingerprint density at radius 1 is 1.50 bits per heavy atom. The smallest absolute Gasteiger partial charge is 0.378 e. The summed E-state index contributed by atoms with van der Waals surface area (Å²) >= 11 is 0. The van der Waals surface area contributed by atoms with Crippen molar-refractivity contribution in [2.24, 2.45) is 0 Å². The Labute approximate surface area is 100 Å². The number of hydrogen-bond donors (Lipinski definition) is 1. The van der Waals surface area contributed by atoms with Crippen LogP contribution in [0.3, 0.4) is 0 Å². The van der Waals surface area contributed by atoms with Gasteiger partial charge in [0.25, 0.3) is 0 Å². The summed E-state index contributed by atoms with van der Waals surface area (Å²) in [6, 6.07) is 0. The molecule has 2 heterocycles. The average Bonchev–Trinajstić information content (AvgIpc) is 2.58. The van der Waals surface area contributed by atoms with Crippen LogP contribution in [0, 0.1) is 6.92 Å². The zero-order chi connectivity index (χ0) is 13.8. The molecule has 1 saturated heterocycles. The second-order valence-corrected chi connectivity index (χ2v) is 5.97. The maximum Gasteiger partial charge on any atom is 0.419 e. The molecule has 10 heteroatoms. The lowest BCUT2D eigenvalue weighted by atomic mass is 9.97. The van der Waals surface area contributed by atoms with Gasteiger partial charge in [-0.2, -0.15) is 17.5 Å². The minimum Gasteiger partial charge on any atom is -0.378 e. The Balaban J connectivity index is 2.21. The Kier molecular flexibility index (Phi) is 2.72. The van der Waals surface area contributed by atoms with Crippen LogP contribution in [-0.2, 0) is 10.0 Å². The van der Waals surface area contributed by atoms with E-state index < -0.39 is 34.9 Å². The third-order valence-corrected chi connectivity index (χ3v) is 4.61. The molecule has 1 aliphatic heterocycles. The summed E-state index contributed by atoms with van der Waals surface area (Å²) in [6.45, 7) is -0.695. The first kappa shape index (κ1) is 13.3. The normalized spacial score (nSPS) is 20.7. The molecule has 0 aromatic carbocycles. The van der Waals surface area contributed by atoms with E-state index in [0.717, 1.165) is 6.26 Å². The predicted octanol–water partition coefficient (Wildman–Crippen LogP) is 0.281. The van der Waals surface area contributed by atoms with Gasteiger partial charge in [0.2, 0.25) is 10.0 Å². The Hall–Kier alpha value is -1.13. The van der Waals surface area contributed by atoms with Crippen LogP contribution in [0.4, 0.5) is 13.2 Å². The second-order valence-electron chi connectivity index (χ2n) is 4.07. The molecular formula is C8H9F3N2O4S. The van der Waals surface area contributed by atoms with E-state index in [4.69, 9.17) is 0 Å². The van der Waals surface area contributed by atoms with Crippen molar-refractivity contribution >= 4 is 10.0 Å². The molecular weight excluding hydrogens is 277 g/mol. The summed E-state index contributed by atoms with van der Waals surface area (Å²) in [5.41, 5.74) is -2.93. The van der Waals surface area contributed by atoms with E-state index in [1.54, 1.807) is 0 Å². The van der Waals surface area contributed by atoms with Crippen LogP contribution in [0.1, 0.15) is 5.69 Å². The average molecular weight is 286 g/mol. The highest BCUT2D eigenvalue weighted by atomic mass is 32.2. The van der Waals surface area contributed by atoms with Gasteiger partial charge in [-0.05, 0) is 6.92 Å². The van der Waals surface area contributed by atoms with Crippen molar-refractivity contribution < 1.29 is 31.2 Å². The SMILES string of the molecule is Cc1nocc1S(=O)(=O)N1CC(O)(C(F)(F)F)C1. The summed E-state index contributed by atoms with van der Waals surface area (Å²) in [5.74, 6) is 0. The molecule has 0 amide bonds. The molecule has 1 aromatic rings. The summed E-state index contributed by atoms with van der Waals surface area (Å²) < 4.78 is 65.8. The van der Waals surface area contributed by atoms with Gasteiger partial charge in [-0.15, -0.1) is 0 Å². The van der Waals surface area contributed by atoms with Crippen molar-refractivity contribution in [1.29, 1.82) is 0 Å². The third-order valence-electron chi connectivity index (χ3n) is 2.73. The number of aryl methyl sites for hydroxylation is 1. The van der Waals surface area contributed by atoms with E-state index >= 15 is 0 Å². The molecule has 2 rings (SSSR count). The first-order chi connectivity index (χ1) is 8.08. The molecule has 0 saturated carbocycles. The Morgan fingerprint density at radius 3 is 2.44 bits per heavy atom. The molecule has 1 N–H and O–H groups in total. The number of β-amino-alcohol motifs (C(OH)–C–C–N with tert-alkyl or cyclic N) is 1. The molecule has 0 spiro atoms. The van der Waals surface area contributed by atoms with Crippen LogP contribution >= 0.6 is 0 Å². The standard InChI is InChI=1S/C8H9F3N2O4S/c1-5-6(2-17-12-5)18(15,16)13-3-7(14,4-13)8(9,10)11/h2,14H,3-4H2,1H3. The molecule has 6 nitrogen and oxygen atoms in total. The fraction of sp³-hybridized carbons (Fsp3) is 0.625. The third kappa shape index (κ3) is 1.80. The molecule has 1 fully saturated rings. The topological polar surface area (TPSA) is 83.6 Å². The van der Waals surface area contributed by atoms with Gasteiger partial charge in [0.05, 0.1) is 13.1 Å². The molecule has 18 heavy (non-hydrogen) atoms. The van der Waals surface area contributed by atoms with Gasteiger partial charge in [-0.25, -0.2) is 8.42 Å². The maximum absolute atomic E-state index is 12.4. The van der Waals surface area contributed by atoms with Crippen molar-refractivity contribution in [2.45, 2.75) is 23.6 Å². The summed E-state index contributed by atoms with van der Waals surface area (Å²) in [7, 11) is -4.10. The maximum atomic E-state index is 12.4. The highest BCUT2D eigenvalue weighted by Gasteiger charge is 2.63. The molecule has 1 aliphatic rings. The molecule has 0 unspecified atom stereocenters. The Morgan fingerprint density at radius 2 is 2.06 bits per heavy atom. The number of sulfonamides is 1. The minimum absolute atomic E-state index is 0.0532. The van der Waals surface area contributed by atoms with Crippen molar-refractivity contribution in [3.63, 3.8) is 0 Å². The lowest BCUT2D eigenvalue weighted by Gasteiger charge is -2.45. The van der Waals surface area contributed by atoms with E-state index in [9.17, 15) is 26.7 Å². The van der Waals surface area contributed by atoms with Crippen LogP contribution in [0.2, 0.25) is 0 Å². The largest absolute Gasteiger partial charge is 0.419 e. The summed E-state index contributed by atoms with van der Waals surface area (Å²) in [5, 5.41) is 12.5. The summed E-state index contributed by atoms with van der Waals surface area (Å²) in [6.07, 6.45) is -4.02. The number of rotatable bonds is 2. The highest BCUT2D eigenvalue weighted by molar-refractivity contribution is 7.89. The monoisotopic (exact) mass is 286 g/mol. The van der Waals surface area contributed by atoms with Crippen LogP contribution in [0.5, 0.6) is 0 Å². The van der Waals surface area contributed by atoms with Crippen LogP contribution < -0.4 is 0 Å². The second kappa shape index (κ2) is 3.68. The van der Waals surface area contributed by atoms with Gasteiger partial charge >= 0.3 is 6.18 Å². The number of aromatic nitrogens is 1. The number of aliphatic hydroxyl groups is 1. The van der Waals surface area contributed by atoms with Crippen LogP contribution in [0.25, 0.3) is 0 Å². The quantitative estimate of drug-likeness (QED) is 0.844. The van der Waals surface area contributed by atoms with E-state index in [1.165, 1.54) is 6.92 Å². The number of halogens is 3. The van der Waals surface area contributed by atoms with E-state index in [-0.39, 0.29) is 10.6 Å². The van der Waals surface area contributed by atoms with Gasteiger partial charge in [0.1, 0.15) is 16.9 Å². The van der Waals surface area contributed by atoms with Gasteiger partial charge in [0, 0.05) is 0 Å². The van der Waals surface area contributed by atoms with Crippen molar-refractivity contribution in [3.05, 3.63) is 12.0 Å².